The topological polar surface area (TPSA) is 38.1 Å². The Kier molecular flexibility index (Phi) is 14.9. The summed E-state index contributed by atoms with van der Waals surface area (Å²) >= 11 is 4.20. The van der Waals surface area contributed by atoms with Gasteiger partial charge in [0.05, 0.1) is 5.56 Å². The first kappa shape index (κ1) is 23.6. The highest BCUT2D eigenvalue weighted by Crippen LogP contribution is 2.07. The smallest absolute Gasteiger partial charge is 0.267 e. The van der Waals surface area contributed by atoms with Crippen molar-refractivity contribution in [2.24, 2.45) is 0 Å². The van der Waals surface area contributed by atoms with Gasteiger partial charge in [-0.1, -0.05) is 37.0 Å². The molecule has 0 spiro atoms. The van der Waals surface area contributed by atoms with E-state index in [0.717, 1.165) is 0 Å². The van der Waals surface area contributed by atoms with Crippen LogP contribution in [0.15, 0.2) is 72.1 Å². The maximum Gasteiger partial charge on any atom is 0.281 e. The lowest BCUT2D eigenvalue weighted by Gasteiger charge is -2.17. The summed E-state index contributed by atoms with van der Waals surface area (Å²) in [7, 11) is 0. The third kappa shape index (κ3) is 8.06. The van der Waals surface area contributed by atoms with Crippen molar-refractivity contribution in [2.75, 3.05) is 5.01 Å². The Hall–Kier alpha value is -2.71. The van der Waals surface area contributed by atoms with Gasteiger partial charge in [-0.2, -0.15) is 0 Å². The van der Waals surface area contributed by atoms with Gasteiger partial charge in [0.25, 0.3) is 5.56 Å². The highest BCUT2D eigenvalue weighted by molar-refractivity contribution is 7.80. The predicted molar refractivity (Wildman–Crippen MR) is 109 cm³/mol. The van der Waals surface area contributed by atoms with E-state index < -0.39 is 0 Å². The first-order valence-electron chi connectivity index (χ1n) is 7.11. The zero-order valence-corrected chi connectivity index (χ0v) is 15.4. The summed E-state index contributed by atoms with van der Waals surface area (Å²) in [6.07, 6.45) is 23.4. The van der Waals surface area contributed by atoms with Crippen LogP contribution in [0.25, 0.3) is 6.08 Å². The van der Waals surface area contributed by atoms with Gasteiger partial charge < -0.3 is 0 Å². The molecule has 1 aromatic heterocycles. The summed E-state index contributed by atoms with van der Waals surface area (Å²) in [6.45, 7) is 12.7. The predicted octanol–water partition coefficient (Wildman–Crippen LogP) is 4.18. The molecule has 0 unspecified atom stereocenters. The Labute approximate surface area is 150 Å². The van der Waals surface area contributed by atoms with Crippen LogP contribution < -0.4 is 10.6 Å². The van der Waals surface area contributed by atoms with Crippen molar-refractivity contribution in [1.29, 1.82) is 0 Å². The highest BCUT2D eigenvalue weighted by Gasteiger charge is 2.08. The van der Waals surface area contributed by atoms with Crippen LogP contribution in [0.5, 0.6) is 0 Å². The third-order valence-corrected chi connectivity index (χ3v) is 2.63. The molecule has 1 aromatic rings. The van der Waals surface area contributed by atoms with Crippen molar-refractivity contribution >= 4 is 18.7 Å². The van der Waals surface area contributed by atoms with E-state index in [2.05, 4.69) is 43.6 Å². The molecule has 0 bridgehead atoms. The number of terminal acetylenes is 1. The number of hydrogen-bond donors (Lipinski definition) is 1. The molecule has 5 heteroatoms. The first-order valence-corrected chi connectivity index (χ1v) is 7.56. The Balaban J connectivity index is 0. The molecule has 0 saturated carbocycles. The zero-order valence-electron chi connectivity index (χ0n) is 14.5. The normalized spacial score (nSPS) is 9.92. The van der Waals surface area contributed by atoms with E-state index in [9.17, 15) is 4.79 Å². The van der Waals surface area contributed by atoms with E-state index in [-0.39, 0.29) is 5.56 Å². The average Bonchev–Trinajstić information content (AvgIpc) is 2.59. The molecule has 1 rings (SSSR count). The van der Waals surface area contributed by atoms with E-state index in [1.165, 1.54) is 17.2 Å². The van der Waals surface area contributed by atoms with Gasteiger partial charge in [-0.15, -0.1) is 32.1 Å². The lowest BCUT2D eigenvalue weighted by atomic mass is 10.3. The van der Waals surface area contributed by atoms with Gasteiger partial charge in [-0.25, -0.2) is 9.66 Å². The Bertz CT molecular complexity index is 667. The SMILES string of the molecule is C#C.C=CC.C=CN(/C=C\C)n1cnc(S)c(/C=C/C=C/C)c1=O. The molecular weight excluding hydrogens is 318 g/mol. The Morgan fingerprint density at radius 2 is 1.79 bits per heavy atom. The van der Waals surface area contributed by atoms with Crippen LogP contribution in [-0.2, 0) is 0 Å². The molecule has 128 valence electrons. The van der Waals surface area contributed by atoms with Crippen molar-refractivity contribution in [2.45, 2.75) is 25.8 Å². The molecule has 0 saturated heterocycles. The van der Waals surface area contributed by atoms with Crippen LogP contribution in [0.3, 0.4) is 0 Å². The molecule has 0 amide bonds. The van der Waals surface area contributed by atoms with Gasteiger partial charge in [0.15, 0.2) is 0 Å². The molecule has 0 radical (unpaired) electrons. The number of hydrogen-bond acceptors (Lipinski definition) is 4. The summed E-state index contributed by atoms with van der Waals surface area (Å²) in [5.41, 5.74) is 0.221. The molecule has 0 N–H and O–H groups in total. The fourth-order valence-corrected chi connectivity index (χ4v) is 1.62. The van der Waals surface area contributed by atoms with Gasteiger partial charge in [-0.3, -0.25) is 9.80 Å². The van der Waals surface area contributed by atoms with Crippen molar-refractivity contribution < 1.29 is 0 Å². The molecule has 0 aliphatic carbocycles. The van der Waals surface area contributed by atoms with Crippen molar-refractivity contribution in [3.05, 3.63) is 78.2 Å². The van der Waals surface area contributed by atoms with Gasteiger partial charge in [-0.05, 0) is 26.8 Å². The first-order chi connectivity index (χ1) is 11.6. The fourth-order valence-electron chi connectivity index (χ4n) is 1.40. The second-order valence-electron chi connectivity index (χ2n) is 3.97. The largest absolute Gasteiger partial charge is 0.281 e. The minimum atomic E-state index is -0.209. The van der Waals surface area contributed by atoms with Gasteiger partial charge >= 0.3 is 0 Å². The van der Waals surface area contributed by atoms with Crippen molar-refractivity contribution in [3.8, 4) is 12.8 Å². The lowest BCUT2D eigenvalue weighted by Crippen LogP contribution is -2.35. The van der Waals surface area contributed by atoms with Gasteiger partial charge in [0, 0.05) is 12.4 Å². The molecule has 0 atom stereocenters. The molecule has 0 aliphatic rings. The Morgan fingerprint density at radius 1 is 1.21 bits per heavy atom. The fraction of sp³-hybridized carbons (Fsp3) is 0.158. The van der Waals surface area contributed by atoms with Crippen LogP contribution in [-0.4, -0.2) is 9.66 Å². The number of allylic oxidation sites excluding steroid dienone is 5. The average molecular weight is 343 g/mol. The number of rotatable bonds is 5. The quantitative estimate of drug-likeness (QED) is 0.287. The zero-order chi connectivity index (χ0) is 19.0. The maximum atomic E-state index is 12.3. The van der Waals surface area contributed by atoms with Crippen LogP contribution >= 0.6 is 12.6 Å². The molecule has 0 aromatic carbocycles. The molecule has 1 heterocycles. The highest BCUT2D eigenvalue weighted by atomic mass is 32.1. The second kappa shape index (κ2) is 15.2. The van der Waals surface area contributed by atoms with E-state index >= 15 is 0 Å². The summed E-state index contributed by atoms with van der Waals surface area (Å²) in [4.78, 5) is 16.4. The molecular formula is C19H25N3OS. The minimum absolute atomic E-state index is 0.209. The maximum absolute atomic E-state index is 12.3. The van der Waals surface area contributed by atoms with Crippen molar-refractivity contribution in [3.63, 3.8) is 0 Å². The molecule has 0 aliphatic heterocycles. The van der Waals surface area contributed by atoms with Gasteiger partial charge in [0.1, 0.15) is 11.4 Å². The van der Waals surface area contributed by atoms with Crippen LogP contribution in [0.4, 0.5) is 0 Å². The van der Waals surface area contributed by atoms with E-state index in [1.807, 2.05) is 32.9 Å². The Morgan fingerprint density at radius 3 is 2.25 bits per heavy atom. The number of thiol groups is 1. The monoisotopic (exact) mass is 343 g/mol. The van der Waals surface area contributed by atoms with Crippen LogP contribution in [0, 0.1) is 12.8 Å². The van der Waals surface area contributed by atoms with Crippen molar-refractivity contribution in [1.82, 2.24) is 9.66 Å². The second-order valence-corrected chi connectivity index (χ2v) is 4.39. The minimum Gasteiger partial charge on any atom is -0.267 e. The summed E-state index contributed by atoms with van der Waals surface area (Å²) in [5, 5.41) is 1.95. The molecule has 24 heavy (non-hydrogen) atoms. The van der Waals surface area contributed by atoms with E-state index in [0.29, 0.717) is 10.6 Å². The standard InChI is InChI=1S/C14H17N3OS.C3H6.C2H2/c1-4-7-8-9-12-13(19)15-11-17(14(12)18)16(6-3)10-5-2;1-3-2;1-2/h4-11,19H,3H2,1-2H3;3H,1H2,2H3;1-2H/b7-4+,9-8+,10-5-;;. The van der Waals surface area contributed by atoms with Crippen LogP contribution in [0.2, 0.25) is 0 Å². The summed E-state index contributed by atoms with van der Waals surface area (Å²) in [5.74, 6) is 0. The number of nitrogens with zero attached hydrogens (tertiary/aromatic N) is 3. The number of aromatic nitrogens is 2. The van der Waals surface area contributed by atoms with Crippen LogP contribution in [0.1, 0.15) is 26.3 Å². The molecule has 0 fully saturated rings. The third-order valence-electron chi connectivity index (χ3n) is 2.27. The molecule has 4 nitrogen and oxygen atoms in total. The van der Waals surface area contributed by atoms with E-state index in [4.69, 9.17) is 0 Å². The summed E-state index contributed by atoms with van der Waals surface area (Å²) in [6, 6.07) is 0. The lowest BCUT2D eigenvalue weighted by molar-refractivity contribution is 0.720. The van der Waals surface area contributed by atoms with E-state index in [1.54, 1.807) is 35.5 Å². The summed E-state index contributed by atoms with van der Waals surface area (Å²) < 4.78 is 1.36. The van der Waals surface area contributed by atoms with Gasteiger partial charge in [0.2, 0.25) is 0 Å².